The average molecular weight is 330 g/mol. The van der Waals surface area contributed by atoms with Crippen molar-refractivity contribution in [2.24, 2.45) is 7.05 Å². The van der Waals surface area contributed by atoms with E-state index in [0.717, 1.165) is 28.8 Å². The molecule has 0 fully saturated rings. The van der Waals surface area contributed by atoms with Gasteiger partial charge in [-0.3, -0.25) is 4.68 Å². The summed E-state index contributed by atoms with van der Waals surface area (Å²) in [5.74, 6) is 0. The van der Waals surface area contributed by atoms with Gasteiger partial charge in [0.2, 0.25) is 0 Å². The second-order valence-electron chi connectivity index (χ2n) is 4.12. The lowest BCUT2D eigenvalue weighted by Gasteiger charge is -2.15. The van der Waals surface area contributed by atoms with Crippen LogP contribution in [0, 0.1) is 6.92 Å². The summed E-state index contributed by atoms with van der Waals surface area (Å²) >= 11 is 4.84. The Bertz CT molecular complexity index is 508. The fraction of sp³-hybridized carbons (Fsp3) is 0.545. The topological polar surface area (TPSA) is 55.6 Å². The van der Waals surface area contributed by atoms with E-state index in [1.54, 1.807) is 0 Å². The van der Waals surface area contributed by atoms with Crippen LogP contribution in [0.3, 0.4) is 0 Å². The van der Waals surface area contributed by atoms with Crippen LogP contribution in [0.25, 0.3) is 0 Å². The molecule has 5 nitrogen and oxygen atoms in total. The van der Waals surface area contributed by atoms with E-state index >= 15 is 0 Å². The molecule has 0 aliphatic carbocycles. The van der Waals surface area contributed by atoms with Crippen molar-refractivity contribution in [3.8, 4) is 0 Å². The molecule has 2 rings (SSSR count). The van der Waals surface area contributed by atoms with Gasteiger partial charge in [-0.1, -0.05) is 6.92 Å². The molecule has 2 heterocycles. The van der Waals surface area contributed by atoms with Crippen molar-refractivity contribution in [3.63, 3.8) is 0 Å². The third kappa shape index (κ3) is 2.78. The largest absolute Gasteiger partial charge is 0.309 e. The average Bonchev–Trinajstić information content (AvgIpc) is 2.93. The van der Waals surface area contributed by atoms with E-state index in [1.807, 2.05) is 24.9 Å². The van der Waals surface area contributed by atoms with Crippen molar-refractivity contribution in [1.29, 1.82) is 0 Å². The normalized spacial score (nSPS) is 12.9. The minimum Gasteiger partial charge on any atom is -0.309 e. The van der Waals surface area contributed by atoms with Crippen molar-refractivity contribution < 1.29 is 0 Å². The Kier molecular flexibility index (Phi) is 4.47. The Morgan fingerprint density at radius 3 is 2.83 bits per heavy atom. The van der Waals surface area contributed by atoms with Crippen molar-refractivity contribution in [2.75, 3.05) is 6.54 Å². The highest BCUT2D eigenvalue weighted by molar-refractivity contribution is 9.10. The summed E-state index contributed by atoms with van der Waals surface area (Å²) in [6.07, 6.45) is 2.67. The van der Waals surface area contributed by atoms with Crippen LogP contribution >= 0.6 is 27.7 Å². The predicted octanol–water partition coefficient (Wildman–Crippen LogP) is 2.24. The first-order valence-electron chi connectivity index (χ1n) is 5.82. The second kappa shape index (κ2) is 5.90. The highest BCUT2D eigenvalue weighted by Crippen LogP contribution is 2.25. The van der Waals surface area contributed by atoms with Gasteiger partial charge in [0, 0.05) is 13.5 Å². The van der Waals surface area contributed by atoms with E-state index in [9.17, 15) is 0 Å². The first-order chi connectivity index (χ1) is 8.63. The fourth-order valence-corrected chi connectivity index (χ4v) is 2.92. The van der Waals surface area contributed by atoms with Gasteiger partial charge in [0.05, 0.1) is 45.5 Å². The number of halogens is 1. The quantitative estimate of drug-likeness (QED) is 0.913. The lowest BCUT2D eigenvalue weighted by atomic mass is 10.1. The van der Waals surface area contributed by atoms with Gasteiger partial charge in [-0.15, -0.1) is 0 Å². The van der Waals surface area contributed by atoms with Crippen LogP contribution in [-0.2, 0) is 13.5 Å². The van der Waals surface area contributed by atoms with Gasteiger partial charge in [-0.2, -0.15) is 13.8 Å². The molecule has 2 aromatic heterocycles. The monoisotopic (exact) mass is 329 g/mol. The number of likely N-dealkylation sites (N-methyl/N-ethyl adjacent to an activating group) is 1. The first-order valence-corrected chi connectivity index (χ1v) is 7.34. The molecule has 0 saturated heterocycles. The Balaban J connectivity index is 2.24. The van der Waals surface area contributed by atoms with E-state index in [4.69, 9.17) is 0 Å². The van der Waals surface area contributed by atoms with Gasteiger partial charge in [-0.25, -0.2) is 0 Å². The Morgan fingerprint density at radius 1 is 1.56 bits per heavy atom. The van der Waals surface area contributed by atoms with E-state index in [1.165, 1.54) is 17.4 Å². The van der Waals surface area contributed by atoms with Crippen LogP contribution < -0.4 is 5.32 Å². The first kappa shape index (κ1) is 13.6. The number of hydrogen-bond donors (Lipinski definition) is 1. The van der Waals surface area contributed by atoms with E-state index in [2.05, 4.69) is 42.0 Å². The van der Waals surface area contributed by atoms with Gasteiger partial charge in [0.1, 0.15) is 0 Å². The summed E-state index contributed by atoms with van der Waals surface area (Å²) in [4.78, 5) is 0. The summed E-state index contributed by atoms with van der Waals surface area (Å²) in [5, 5.41) is 7.85. The van der Waals surface area contributed by atoms with Crippen molar-refractivity contribution >= 4 is 27.7 Å². The number of hydrogen-bond acceptors (Lipinski definition) is 5. The molecule has 1 unspecified atom stereocenters. The third-order valence-electron chi connectivity index (χ3n) is 2.85. The summed E-state index contributed by atoms with van der Waals surface area (Å²) in [6.45, 7) is 4.99. The Hall–Kier alpha value is -0.790. The molecular weight excluding hydrogens is 314 g/mol. The van der Waals surface area contributed by atoms with Crippen LogP contribution in [0.1, 0.15) is 30.0 Å². The standard InChI is InChI=1S/C11H16BrN5S/c1-4-13-8(9-6-14-18-16-9)5-10-11(12)7(2)15-17(10)3/h6,8,13H,4-5H2,1-3H3. The zero-order valence-corrected chi connectivity index (χ0v) is 13.0. The summed E-state index contributed by atoms with van der Waals surface area (Å²) < 4.78 is 11.4. The minimum atomic E-state index is 0.180. The summed E-state index contributed by atoms with van der Waals surface area (Å²) in [6, 6.07) is 0.180. The highest BCUT2D eigenvalue weighted by Gasteiger charge is 2.19. The van der Waals surface area contributed by atoms with Crippen LogP contribution in [-0.4, -0.2) is 25.1 Å². The van der Waals surface area contributed by atoms with Gasteiger partial charge >= 0.3 is 0 Å². The molecule has 0 aromatic carbocycles. The predicted molar refractivity (Wildman–Crippen MR) is 75.7 cm³/mol. The van der Waals surface area contributed by atoms with Crippen LogP contribution in [0.5, 0.6) is 0 Å². The van der Waals surface area contributed by atoms with E-state index in [0.29, 0.717) is 0 Å². The molecule has 18 heavy (non-hydrogen) atoms. The maximum absolute atomic E-state index is 4.41. The molecular formula is C11H16BrN5S. The van der Waals surface area contributed by atoms with Crippen molar-refractivity contribution in [3.05, 3.63) is 27.8 Å². The molecule has 0 aliphatic heterocycles. The Labute approximate surface area is 119 Å². The smallest absolute Gasteiger partial charge is 0.0916 e. The lowest BCUT2D eigenvalue weighted by molar-refractivity contribution is 0.519. The van der Waals surface area contributed by atoms with E-state index in [-0.39, 0.29) is 6.04 Å². The maximum atomic E-state index is 4.41. The van der Waals surface area contributed by atoms with Gasteiger partial charge in [-0.05, 0) is 29.4 Å². The van der Waals surface area contributed by atoms with Crippen LogP contribution in [0.15, 0.2) is 10.7 Å². The molecule has 0 radical (unpaired) electrons. The number of rotatable bonds is 5. The van der Waals surface area contributed by atoms with Crippen molar-refractivity contribution in [1.82, 2.24) is 23.8 Å². The molecule has 2 aromatic rings. The highest BCUT2D eigenvalue weighted by atomic mass is 79.9. The van der Waals surface area contributed by atoms with E-state index < -0.39 is 0 Å². The minimum absolute atomic E-state index is 0.180. The Morgan fingerprint density at radius 2 is 2.33 bits per heavy atom. The molecule has 0 bridgehead atoms. The maximum Gasteiger partial charge on any atom is 0.0916 e. The van der Waals surface area contributed by atoms with Crippen LogP contribution in [0.2, 0.25) is 0 Å². The number of aromatic nitrogens is 4. The molecule has 0 saturated carbocycles. The zero-order chi connectivity index (χ0) is 13.1. The van der Waals surface area contributed by atoms with Gasteiger partial charge in [0.25, 0.3) is 0 Å². The number of aryl methyl sites for hydroxylation is 2. The number of nitrogens with one attached hydrogen (secondary N) is 1. The van der Waals surface area contributed by atoms with Crippen LogP contribution in [0.4, 0.5) is 0 Å². The molecule has 98 valence electrons. The fourth-order valence-electron chi connectivity index (χ4n) is 1.95. The summed E-state index contributed by atoms with van der Waals surface area (Å²) in [5.41, 5.74) is 3.18. The van der Waals surface area contributed by atoms with Gasteiger partial charge in [0.15, 0.2) is 0 Å². The molecule has 1 atom stereocenters. The molecule has 0 aliphatic rings. The summed E-state index contributed by atoms with van der Waals surface area (Å²) in [7, 11) is 1.97. The van der Waals surface area contributed by atoms with Crippen molar-refractivity contribution in [2.45, 2.75) is 26.3 Å². The lowest BCUT2D eigenvalue weighted by Crippen LogP contribution is -2.24. The number of nitrogens with zero attached hydrogens (tertiary/aromatic N) is 4. The SMILES string of the molecule is CCNC(Cc1c(Br)c(C)nn1C)c1cnsn1. The molecule has 7 heteroatoms. The molecule has 0 amide bonds. The van der Waals surface area contributed by atoms with Gasteiger partial charge < -0.3 is 5.32 Å². The third-order valence-corrected chi connectivity index (χ3v) is 4.37. The molecule has 1 N–H and O–H groups in total. The molecule has 0 spiro atoms. The zero-order valence-electron chi connectivity index (χ0n) is 10.6. The second-order valence-corrected chi connectivity index (χ2v) is 5.47.